The molecule has 0 aromatic heterocycles. The summed E-state index contributed by atoms with van der Waals surface area (Å²) in [6, 6.07) is 8.09. The van der Waals surface area contributed by atoms with Crippen molar-refractivity contribution in [3.05, 3.63) is 42.0 Å². The second kappa shape index (κ2) is 6.99. The Labute approximate surface area is 133 Å². The van der Waals surface area contributed by atoms with E-state index >= 15 is 0 Å². The van der Waals surface area contributed by atoms with Gasteiger partial charge in [0.05, 0.1) is 0 Å². The lowest BCUT2D eigenvalue weighted by Gasteiger charge is -2.17. The van der Waals surface area contributed by atoms with Crippen molar-refractivity contribution in [3.8, 4) is 5.75 Å². The third-order valence-corrected chi connectivity index (χ3v) is 4.80. The van der Waals surface area contributed by atoms with Crippen LogP contribution in [-0.4, -0.2) is 30.5 Å². The SMILES string of the molecule is CCCc1ccc(OCC(=O)N2CC3CC=CCC3C2)cc1. The highest BCUT2D eigenvalue weighted by molar-refractivity contribution is 5.78. The number of nitrogens with zero attached hydrogens (tertiary/aromatic N) is 1. The molecule has 3 nitrogen and oxygen atoms in total. The Morgan fingerprint density at radius 1 is 1.14 bits per heavy atom. The van der Waals surface area contributed by atoms with E-state index in [1.54, 1.807) is 0 Å². The van der Waals surface area contributed by atoms with Gasteiger partial charge in [0.25, 0.3) is 5.91 Å². The molecule has 1 aromatic carbocycles. The topological polar surface area (TPSA) is 29.5 Å². The largest absolute Gasteiger partial charge is 0.484 e. The molecule has 118 valence electrons. The third kappa shape index (κ3) is 3.52. The minimum atomic E-state index is 0.118. The normalized spacial score (nSPS) is 23.4. The van der Waals surface area contributed by atoms with Crippen LogP contribution in [0, 0.1) is 11.8 Å². The van der Waals surface area contributed by atoms with Crippen LogP contribution in [0.1, 0.15) is 31.7 Å². The van der Waals surface area contributed by atoms with Crippen LogP contribution in [0.15, 0.2) is 36.4 Å². The summed E-state index contributed by atoms with van der Waals surface area (Å²) < 4.78 is 5.66. The van der Waals surface area contributed by atoms with Gasteiger partial charge in [0.2, 0.25) is 0 Å². The van der Waals surface area contributed by atoms with E-state index in [2.05, 4.69) is 31.2 Å². The van der Waals surface area contributed by atoms with Gasteiger partial charge in [-0.15, -0.1) is 0 Å². The van der Waals surface area contributed by atoms with Crippen LogP contribution in [0.3, 0.4) is 0 Å². The predicted molar refractivity (Wildman–Crippen MR) is 87.9 cm³/mol. The summed E-state index contributed by atoms with van der Waals surface area (Å²) in [5, 5.41) is 0. The minimum absolute atomic E-state index is 0.118. The van der Waals surface area contributed by atoms with E-state index in [1.165, 1.54) is 5.56 Å². The smallest absolute Gasteiger partial charge is 0.260 e. The number of likely N-dealkylation sites (tertiary alicyclic amines) is 1. The highest BCUT2D eigenvalue weighted by Crippen LogP contribution is 2.32. The first-order chi connectivity index (χ1) is 10.8. The molecule has 0 saturated carbocycles. The van der Waals surface area contributed by atoms with E-state index in [1.807, 2.05) is 17.0 Å². The molecule has 0 N–H and O–H groups in total. The maximum Gasteiger partial charge on any atom is 0.260 e. The summed E-state index contributed by atoms with van der Waals surface area (Å²) >= 11 is 0. The Hall–Kier alpha value is -1.77. The number of benzene rings is 1. The Bertz CT molecular complexity index is 519. The summed E-state index contributed by atoms with van der Waals surface area (Å²) in [4.78, 5) is 14.3. The number of amides is 1. The summed E-state index contributed by atoms with van der Waals surface area (Å²) in [7, 11) is 0. The molecule has 22 heavy (non-hydrogen) atoms. The van der Waals surface area contributed by atoms with E-state index in [0.717, 1.165) is 44.5 Å². The first kappa shape index (κ1) is 15.1. The van der Waals surface area contributed by atoms with Crippen molar-refractivity contribution in [2.24, 2.45) is 11.8 Å². The van der Waals surface area contributed by atoms with Crippen LogP contribution in [0.5, 0.6) is 5.75 Å². The molecule has 3 rings (SSSR count). The quantitative estimate of drug-likeness (QED) is 0.779. The van der Waals surface area contributed by atoms with E-state index < -0.39 is 0 Å². The lowest BCUT2D eigenvalue weighted by atomic mass is 9.86. The predicted octanol–water partition coefficient (Wildman–Crippen LogP) is 3.44. The molecule has 1 aliphatic carbocycles. The number of fused-ring (bicyclic) bond motifs is 1. The molecule has 2 aliphatic rings. The second-order valence-corrected chi connectivity index (χ2v) is 6.44. The molecule has 0 bridgehead atoms. The Balaban J connectivity index is 1.48. The fourth-order valence-corrected chi connectivity index (χ4v) is 3.50. The van der Waals surface area contributed by atoms with Crippen molar-refractivity contribution in [3.63, 3.8) is 0 Å². The minimum Gasteiger partial charge on any atom is -0.484 e. The molecular formula is C19H25NO2. The zero-order valence-corrected chi connectivity index (χ0v) is 13.3. The summed E-state index contributed by atoms with van der Waals surface area (Å²) in [5.74, 6) is 2.21. The molecule has 1 saturated heterocycles. The van der Waals surface area contributed by atoms with Crippen LogP contribution in [0.4, 0.5) is 0 Å². The van der Waals surface area contributed by atoms with Gasteiger partial charge in [-0.05, 0) is 48.8 Å². The number of carbonyl (C=O) groups excluding carboxylic acids is 1. The molecule has 2 unspecified atom stereocenters. The molecule has 1 heterocycles. The molecule has 1 aromatic rings. The van der Waals surface area contributed by atoms with Crippen LogP contribution < -0.4 is 4.74 Å². The monoisotopic (exact) mass is 299 g/mol. The van der Waals surface area contributed by atoms with Crippen molar-refractivity contribution in [1.82, 2.24) is 4.90 Å². The van der Waals surface area contributed by atoms with Crippen molar-refractivity contribution < 1.29 is 9.53 Å². The number of ether oxygens (including phenoxy) is 1. The van der Waals surface area contributed by atoms with Gasteiger partial charge in [-0.1, -0.05) is 37.6 Å². The van der Waals surface area contributed by atoms with Crippen LogP contribution in [0.25, 0.3) is 0 Å². The van der Waals surface area contributed by atoms with Gasteiger partial charge in [0.1, 0.15) is 5.75 Å². The maximum atomic E-state index is 12.3. The average Bonchev–Trinajstić information content (AvgIpc) is 2.98. The first-order valence-corrected chi connectivity index (χ1v) is 8.40. The Morgan fingerprint density at radius 3 is 2.36 bits per heavy atom. The number of rotatable bonds is 5. The molecule has 0 spiro atoms. The standard InChI is InChI=1S/C19H25NO2/c1-2-5-15-8-10-18(11-9-15)22-14-19(21)20-12-16-6-3-4-7-17(16)13-20/h3-4,8-11,16-17H,2,5-7,12-14H2,1H3. The first-order valence-electron chi connectivity index (χ1n) is 8.40. The summed E-state index contributed by atoms with van der Waals surface area (Å²) in [6.07, 6.45) is 8.98. The molecule has 1 aliphatic heterocycles. The second-order valence-electron chi connectivity index (χ2n) is 6.44. The van der Waals surface area contributed by atoms with Gasteiger partial charge >= 0.3 is 0 Å². The van der Waals surface area contributed by atoms with Gasteiger partial charge in [-0.2, -0.15) is 0 Å². The van der Waals surface area contributed by atoms with E-state index in [4.69, 9.17) is 4.74 Å². The lowest BCUT2D eigenvalue weighted by molar-refractivity contribution is -0.132. The van der Waals surface area contributed by atoms with Crippen molar-refractivity contribution in [2.45, 2.75) is 32.6 Å². The fraction of sp³-hybridized carbons (Fsp3) is 0.526. The number of hydrogen-bond donors (Lipinski definition) is 0. The Morgan fingerprint density at radius 2 is 1.77 bits per heavy atom. The van der Waals surface area contributed by atoms with E-state index in [0.29, 0.717) is 11.8 Å². The van der Waals surface area contributed by atoms with Crippen LogP contribution in [0.2, 0.25) is 0 Å². The third-order valence-electron chi connectivity index (χ3n) is 4.80. The molecule has 1 fully saturated rings. The van der Waals surface area contributed by atoms with Gasteiger partial charge in [-0.3, -0.25) is 4.79 Å². The van der Waals surface area contributed by atoms with Crippen molar-refractivity contribution >= 4 is 5.91 Å². The number of aryl methyl sites for hydroxylation is 1. The highest BCUT2D eigenvalue weighted by Gasteiger charge is 2.34. The van der Waals surface area contributed by atoms with Crippen LogP contribution >= 0.6 is 0 Å². The molecule has 3 heteroatoms. The lowest BCUT2D eigenvalue weighted by Crippen LogP contribution is -2.33. The van der Waals surface area contributed by atoms with Crippen molar-refractivity contribution in [1.29, 1.82) is 0 Å². The highest BCUT2D eigenvalue weighted by atomic mass is 16.5. The number of allylic oxidation sites excluding steroid dienone is 2. The molecule has 2 atom stereocenters. The van der Waals surface area contributed by atoms with Gasteiger partial charge < -0.3 is 9.64 Å². The molecule has 1 amide bonds. The van der Waals surface area contributed by atoms with Gasteiger partial charge in [-0.25, -0.2) is 0 Å². The molecule has 0 radical (unpaired) electrons. The molecular weight excluding hydrogens is 274 g/mol. The average molecular weight is 299 g/mol. The fourth-order valence-electron chi connectivity index (χ4n) is 3.50. The zero-order valence-electron chi connectivity index (χ0n) is 13.3. The van der Waals surface area contributed by atoms with E-state index in [9.17, 15) is 4.79 Å². The summed E-state index contributed by atoms with van der Waals surface area (Å²) in [6.45, 7) is 4.12. The maximum absolute atomic E-state index is 12.3. The van der Waals surface area contributed by atoms with Crippen molar-refractivity contribution in [2.75, 3.05) is 19.7 Å². The Kier molecular flexibility index (Phi) is 4.81. The summed E-state index contributed by atoms with van der Waals surface area (Å²) in [5.41, 5.74) is 1.32. The zero-order chi connectivity index (χ0) is 15.4. The van der Waals surface area contributed by atoms with E-state index in [-0.39, 0.29) is 12.5 Å². The number of carbonyl (C=O) groups is 1. The van der Waals surface area contributed by atoms with Gasteiger partial charge in [0, 0.05) is 13.1 Å². The van der Waals surface area contributed by atoms with Gasteiger partial charge in [0.15, 0.2) is 6.61 Å². The number of hydrogen-bond acceptors (Lipinski definition) is 2. The van der Waals surface area contributed by atoms with Crippen LogP contribution in [-0.2, 0) is 11.2 Å².